The number of rotatable bonds is 2. The molecule has 3 rings (SSSR count). The smallest absolute Gasteiger partial charge is 0.352 e. The normalized spacial score (nSPS) is 10.6. The Labute approximate surface area is 148 Å². The van der Waals surface area contributed by atoms with E-state index in [1.807, 2.05) is 67.5 Å². The third-order valence-corrected chi connectivity index (χ3v) is 4.17. The Kier molecular flexibility index (Phi) is 4.63. The summed E-state index contributed by atoms with van der Waals surface area (Å²) in [6.45, 7) is 4.24. The SMILES string of the molecule is CC(C)c1cccc2oc(=O)c(C#Cc3ccc(N(C)C)cc3)c-2c1. The van der Waals surface area contributed by atoms with Crippen molar-refractivity contribution in [2.24, 2.45) is 0 Å². The molecular formula is C22H21NO2. The third kappa shape index (κ3) is 3.59. The van der Waals surface area contributed by atoms with Crippen LogP contribution in [-0.2, 0) is 0 Å². The summed E-state index contributed by atoms with van der Waals surface area (Å²) in [5, 5.41) is 0. The maximum atomic E-state index is 12.2. The van der Waals surface area contributed by atoms with Gasteiger partial charge in [-0.3, -0.25) is 0 Å². The van der Waals surface area contributed by atoms with E-state index in [1.54, 1.807) is 0 Å². The van der Waals surface area contributed by atoms with Crippen molar-refractivity contribution in [1.82, 2.24) is 0 Å². The molecule has 1 aromatic carbocycles. The van der Waals surface area contributed by atoms with Crippen molar-refractivity contribution in [3.8, 4) is 23.2 Å². The minimum atomic E-state index is -0.381. The first-order valence-corrected chi connectivity index (χ1v) is 8.32. The second-order valence-corrected chi connectivity index (χ2v) is 6.56. The van der Waals surface area contributed by atoms with Gasteiger partial charge in [-0.15, -0.1) is 0 Å². The van der Waals surface area contributed by atoms with Crippen LogP contribution in [0.3, 0.4) is 0 Å². The number of furan rings is 1. The van der Waals surface area contributed by atoms with Gasteiger partial charge in [0.15, 0.2) is 0 Å². The first kappa shape index (κ1) is 16.9. The first-order chi connectivity index (χ1) is 12.0. The Hall–Kier alpha value is -2.99. The molecule has 0 N–H and O–H groups in total. The number of hydrogen-bond acceptors (Lipinski definition) is 3. The van der Waals surface area contributed by atoms with Crippen molar-refractivity contribution in [2.45, 2.75) is 19.8 Å². The summed E-state index contributed by atoms with van der Waals surface area (Å²) in [5.41, 5.74) is 3.93. The van der Waals surface area contributed by atoms with Crippen LogP contribution in [0.15, 0.2) is 57.7 Å². The molecule has 0 atom stereocenters. The lowest BCUT2D eigenvalue weighted by atomic mass is 10.0. The highest BCUT2D eigenvalue weighted by atomic mass is 16.4. The van der Waals surface area contributed by atoms with E-state index in [4.69, 9.17) is 4.42 Å². The van der Waals surface area contributed by atoms with Gasteiger partial charge in [0, 0.05) is 30.9 Å². The van der Waals surface area contributed by atoms with Crippen LogP contribution in [0.4, 0.5) is 5.69 Å². The Morgan fingerprint density at radius 3 is 2.36 bits per heavy atom. The van der Waals surface area contributed by atoms with E-state index in [-0.39, 0.29) is 5.63 Å². The van der Waals surface area contributed by atoms with Crippen LogP contribution >= 0.6 is 0 Å². The summed E-state index contributed by atoms with van der Waals surface area (Å²) in [5.74, 6) is 7.02. The average molecular weight is 331 g/mol. The van der Waals surface area contributed by atoms with Crippen LogP contribution in [0.25, 0.3) is 11.3 Å². The zero-order valence-electron chi connectivity index (χ0n) is 15.0. The van der Waals surface area contributed by atoms with Crippen molar-refractivity contribution in [3.63, 3.8) is 0 Å². The van der Waals surface area contributed by atoms with Gasteiger partial charge in [0.25, 0.3) is 0 Å². The average Bonchev–Trinajstić information content (AvgIpc) is 2.74. The van der Waals surface area contributed by atoms with Gasteiger partial charge >= 0.3 is 5.63 Å². The van der Waals surface area contributed by atoms with Crippen molar-refractivity contribution in [1.29, 1.82) is 0 Å². The van der Waals surface area contributed by atoms with Crippen molar-refractivity contribution < 1.29 is 4.42 Å². The van der Waals surface area contributed by atoms with E-state index in [2.05, 4.69) is 25.7 Å². The molecule has 126 valence electrons. The second kappa shape index (κ2) is 6.86. The van der Waals surface area contributed by atoms with Crippen molar-refractivity contribution in [2.75, 3.05) is 19.0 Å². The van der Waals surface area contributed by atoms with E-state index >= 15 is 0 Å². The second-order valence-electron chi connectivity index (χ2n) is 6.56. The highest BCUT2D eigenvalue weighted by Crippen LogP contribution is 2.26. The predicted molar refractivity (Wildman–Crippen MR) is 102 cm³/mol. The van der Waals surface area contributed by atoms with Gasteiger partial charge in [-0.25, -0.2) is 4.79 Å². The van der Waals surface area contributed by atoms with Gasteiger partial charge in [-0.05, 0) is 47.9 Å². The summed E-state index contributed by atoms with van der Waals surface area (Å²) < 4.78 is 5.37. The van der Waals surface area contributed by atoms with Gasteiger partial charge < -0.3 is 9.32 Å². The summed E-state index contributed by atoms with van der Waals surface area (Å²) in [6.07, 6.45) is 0. The molecule has 3 nitrogen and oxygen atoms in total. The standard InChI is InChI=1S/C22H21NO2/c1-15(2)17-6-5-7-21-20(14-17)19(22(24)25-21)13-10-16-8-11-18(12-9-16)23(3)4/h5-9,11-12,14-15H,1-4H3. The van der Waals surface area contributed by atoms with Gasteiger partial charge in [-0.2, -0.15) is 0 Å². The molecule has 0 unspecified atom stereocenters. The quantitative estimate of drug-likeness (QED) is 0.655. The topological polar surface area (TPSA) is 33.5 Å². The first-order valence-electron chi connectivity index (χ1n) is 8.32. The molecule has 1 aliphatic carbocycles. The Bertz CT molecular complexity index is 969. The van der Waals surface area contributed by atoms with Gasteiger partial charge in [0.05, 0.1) is 0 Å². The van der Waals surface area contributed by atoms with E-state index in [1.165, 1.54) is 0 Å². The number of nitrogens with zero attached hydrogens (tertiary/aromatic N) is 1. The van der Waals surface area contributed by atoms with Crippen molar-refractivity contribution in [3.05, 3.63) is 75.6 Å². The highest BCUT2D eigenvalue weighted by molar-refractivity contribution is 5.69. The van der Waals surface area contributed by atoms with Gasteiger partial charge in [0.2, 0.25) is 0 Å². The maximum absolute atomic E-state index is 12.2. The van der Waals surface area contributed by atoms with Gasteiger partial charge in [0.1, 0.15) is 11.3 Å². The molecule has 0 radical (unpaired) electrons. The fourth-order valence-corrected chi connectivity index (χ4v) is 2.62. The molecular weight excluding hydrogens is 310 g/mol. The maximum Gasteiger partial charge on any atom is 0.352 e. The molecule has 1 aliphatic heterocycles. The van der Waals surface area contributed by atoms with Crippen LogP contribution < -0.4 is 10.5 Å². The van der Waals surface area contributed by atoms with E-state index in [9.17, 15) is 4.79 Å². The highest BCUT2D eigenvalue weighted by Gasteiger charge is 2.16. The van der Waals surface area contributed by atoms with Crippen molar-refractivity contribution >= 4 is 5.69 Å². The molecule has 2 aliphatic rings. The van der Waals surface area contributed by atoms with Crippen LogP contribution in [-0.4, -0.2) is 14.1 Å². The lowest BCUT2D eigenvalue weighted by Gasteiger charge is -2.11. The molecule has 1 heterocycles. The molecule has 0 saturated heterocycles. The largest absolute Gasteiger partial charge is 0.422 e. The lowest BCUT2D eigenvalue weighted by molar-refractivity contribution is 0.544. The Morgan fingerprint density at radius 1 is 1.00 bits per heavy atom. The summed E-state index contributed by atoms with van der Waals surface area (Å²) in [6, 6.07) is 15.7. The molecule has 3 heteroatoms. The number of benzene rings is 1. The van der Waals surface area contributed by atoms with E-state index in [0.29, 0.717) is 17.2 Å². The fourth-order valence-electron chi connectivity index (χ4n) is 2.62. The minimum absolute atomic E-state index is 0.361. The predicted octanol–water partition coefficient (Wildman–Crippen LogP) is 4.33. The molecule has 0 bridgehead atoms. The molecule has 25 heavy (non-hydrogen) atoms. The number of hydrogen-bond donors (Lipinski definition) is 0. The molecule has 0 saturated carbocycles. The Balaban J connectivity index is 2.04. The minimum Gasteiger partial charge on any atom is -0.422 e. The number of fused-ring (bicyclic) bond motifs is 1. The zero-order chi connectivity index (χ0) is 18.0. The molecule has 0 amide bonds. The van der Waals surface area contributed by atoms with Crippen LogP contribution in [0.1, 0.15) is 36.5 Å². The fraction of sp³-hybridized carbons (Fsp3) is 0.227. The monoisotopic (exact) mass is 331 g/mol. The number of anilines is 1. The van der Waals surface area contributed by atoms with Crippen LogP contribution in [0.2, 0.25) is 0 Å². The van der Waals surface area contributed by atoms with Crippen LogP contribution in [0, 0.1) is 11.8 Å². The molecule has 1 aromatic rings. The van der Waals surface area contributed by atoms with Crippen LogP contribution in [0.5, 0.6) is 0 Å². The zero-order valence-corrected chi connectivity index (χ0v) is 15.0. The summed E-state index contributed by atoms with van der Waals surface area (Å²) >= 11 is 0. The summed E-state index contributed by atoms with van der Waals surface area (Å²) in [7, 11) is 3.99. The van der Waals surface area contributed by atoms with Gasteiger partial charge in [-0.1, -0.05) is 37.8 Å². The third-order valence-electron chi connectivity index (χ3n) is 4.17. The summed E-state index contributed by atoms with van der Waals surface area (Å²) in [4.78, 5) is 14.2. The molecule has 0 spiro atoms. The van der Waals surface area contributed by atoms with E-state index in [0.717, 1.165) is 22.4 Å². The lowest BCUT2D eigenvalue weighted by Crippen LogP contribution is -2.07. The molecule has 0 fully saturated rings. The Morgan fingerprint density at radius 2 is 1.72 bits per heavy atom. The molecule has 0 aromatic heterocycles. The van der Waals surface area contributed by atoms with E-state index < -0.39 is 0 Å².